The predicted molar refractivity (Wildman–Crippen MR) is 72.4 cm³/mol. The molecule has 0 bridgehead atoms. The van der Waals surface area contributed by atoms with E-state index < -0.39 is 0 Å². The smallest absolute Gasteiger partial charge is 0.146 e. The molecule has 4 heteroatoms. The Morgan fingerprint density at radius 3 is 2.74 bits per heavy atom. The maximum atomic E-state index is 13.9. The Labute approximate surface area is 113 Å². The van der Waals surface area contributed by atoms with Crippen molar-refractivity contribution in [3.8, 4) is 0 Å². The van der Waals surface area contributed by atoms with Crippen LogP contribution in [0.5, 0.6) is 0 Å². The Kier molecular flexibility index (Phi) is 3.69. The van der Waals surface area contributed by atoms with Crippen molar-refractivity contribution in [1.82, 2.24) is 4.90 Å². The van der Waals surface area contributed by atoms with Crippen LogP contribution in [0.4, 0.5) is 14.5 Å². The van der Waals surface area contributed by atoms with Gasteiger partial charge in [-0.05, 0) is 37.9 Å². The number of fused-ring (bicyclic) bond motifs is 1. The minimum atomic E-state index is -0.360. The molecular formula is C15H20F2N2. The van der Waals surface area contributed by atoms with Crippen LogP contribution in [0.2, 0.25) is 0 Å². The first kappa shape index (κ1) is 12.9. The molecule has 104 valence electrons. The van der Waals surface area contributed by atoms with E-state index in [0.29, 0.717) is 11.7 Å². The van der Waals surface area contributed by atoms with Gasteiger partial charge in [0.05, 0.1) is 5.69 Å². The first-order valence-corrected chi connectivity index (χ1v) is 7.18. The molecule has 0 radical (unpaired) electrons. The summed E-state index contributed by atoms with van der Waals surface area (Å²) in [4.78, 5) is 4.54. The lowest BCUT2D eigenvalue weighted by molar-refractivity contribution is 0.162. The van der Waals surface area contributed by atoms with E-state index in [2.05, 4.69) is 4.90 Å². The lowest BCUT2D eigenvalue weighted by Crippen LogP contribution is -2.44. The second kappa shape index (κ2) is 5.45. The molecule has 1 unspecified atom stereocenters. The van der Waals surface area contributed by atoms with Gasteiger partial charge in [-0.15, -0.1) is 0 Å². The second-order valence-corrected chi connectivity index (χ2v) is 5.58. The van der Waals surface area contributed by atoms with E-state index >= 15 is 0 Å². The van der Waals surface area contributed by atoms with Gasteiger partial charge in [-0.2, -0.15) is 0 Å². The van der Waals surface area contributed by atoms with Crippen molar-refractivity contribution in [2.45, 2.75) is 31.7 Å². The average Bonchev–Trinajstić information content (AvgIpc) is 2.63. The quantitative estimate of drug-likeness (QED) is 0.771. The molecule has 1 aromatic carbocycles. The van der Waals surface area contributed by atoms with Gasteiger partial charge in [0, 0.05) is 31.7 Å². The molecule has 3 rings (SSSR count). The van der Waals surface area contributed by atoms with Gasteiger partial charge in [-0.1, -0.05) is 6.42 Å². The minimum Gasteiger partial charge on any atom is -0.367 e. The zero-order chi connectivity index (χ0) is 13.2. The molecule has 0 aliphatic carbocycles. The largest absolute Gasteiger partial charge is 0.367 e. The fourth-order valence-corrected chi connectivity index (χ4v) is 3.32. The van der Waals surface area contributed by atoms with E-state index in [1.54, 1.807) is 0 Å². The van der Waals surface area contributed by atoms with Crippen LogP contribution in [0.25, 0.3) is 0 Å². The van der Waals surface area contributed by atoms with Crippen LogP contribution in [0.3, 0.4) is 0 Å². The van der Waals surface area contributed by atoms with Crippen molar-refractivity contribution in [3.05, 3.63) is 29.8 Å². The maximum absolute atomic E-state index is 13.9. The van der Waals surface area contributed by atoms with Crippen molar-refractivity contribution >= 4 is 5.69 Å². The number of hydrogen-bond acceptors (Lipinski definition) is 2. The molecule has 2 fully saturated rings. The molecule has 2 aliphatic heterocycles. The summed E-state index contributed by atoms with van der Waals surface area (Å²) in [6.45, 7) is 3.87. The van der Waals surface area contributed by atoms with Gasteiger partial charge in [0.15, 0.2) is 0 Å². The molecular weight excluding hydrogens is 246 g/mol. The Hall–Kier alpha value is -1.16. The summed E-state index contributed by atoms with van der Waals surface area (Å²) in [5.41, 5.74) is 0.424. The molecule has 0 aromatic heterocycles. The molecule has 0 N–H and O–H groups in total. The summed E-state index contributed by atoms with van der Waals surface area (Å²) >= 11 is 0. The van der Waals surface area contributed by atoms with Crippen LogP contribution in [-0.4, -0.2) is 37.1 Å². The summed E-state index contributed by atoms with van der Waals surface area (Å²) in [6.07, 6.45) is 4.71. The van der Waals surface area contributed by atoms with Gasteiger partial charge in [-0.25, -0.2) is 8.78 Å². The van der Waals surface area contributed by atoms with Gasteiger partial charge >= 0.3 is 0 Å². The van der Waals surface area contributed by atoms with E-state index in [4.69, 9.17) is 0 Å². The lowest BCUT2D eigenvalue weighted by atomic mass is 10.0. The van der Waals surface area contributed by atoms with E-state index in [1.807, 2.05) is 4.90 Å². The lowest BCUT2D eigenvalue weighted by Gasteiger charge is -2.35. The van der Waals surface area contributed by atoms with Crippen LogP contribution >= 0.6 is 0 Å². The van der Waals surface area contributed by atoms with Crippen LogP contribution in [-0.2, 0) is 0 Å². The third kappa shape index (κ3) is 2.73. The first-order valence-electron chi connectivity index (χ1n) is 7.18. The van der Waals surface area contributed by atoms with Gasteiger partial charge in [-0.3, -0.25) is 4.90 Å². The molecule has 0 spiro atoms. The van der Waals surface area contributed by atoms with Crippen molar-refractivity contribution < 1.29 is 8.78 Å². The molecule has 0 amide bonds. The fraction of sp³-hybridized carbons (Fsp3) is 0.600. The Balaban J connectivity index is 1.82. The monoisotopic (exact) mass is 266 g/mol. The highest BCUT2D eigenvalue weighted by molar-refractivity contribution is 5.48. The van der Waals surface area contributed by atoms with Gasteiger partial charge < -0.3 is 4.90 Å². The number of piperidine rings is 1. The Morgan fingerprint density at radius 1 is 1.00 bits per heavy atom. The normalized spacial score (nSPS) is 24.9. The van der Waals surface area contributed by atoms with Crippen molar-refractivity contribution in [1.29, 1.82) is 0 Å². The standard InChI is InChI=1S/C15H20F2N2/c16-12-5-6-14(17)15(10-12)19-9-3-8-18-7-2-1-4-13(18)11-19/h5-6,10,13H,1-4,7-9,11H2. The van der Waals surface area contributed by atoms with Crippen molar-refractivity contribution in [2.24, 2.45) is 0 Å². The molecule has 2 saturated heterocycles. The van der Waals surface area contributed by atoms with Crippen molar-refractivity contribution in [2.75, 3.05) is 31.1 Å². The maximum Gasteiger partial charge on any atom is 0.146 e. The summed E-state index contributed by atoms with van der Waals surface area (Å²) < 4.78 is 27.2. The molecule has 1 aromatic rings. The average molecular weight is 266 g/mol. The Morgan fingerprint density at radius 2 is 1.84 bits per heavy atom. The van der Waals surface area contributed by atoms with E-state index in [1.165, 1.54) is 37.5 Å². The topological polar surface area (TPSA) is 6.48 Å². The van der Waals surface area contributed by atoms with Crippen molar-refractivity contribution in [3.63, 3.8) is 0 Å². The minimum absolute atomic E-state index is 0.314. The molecule has 2 nitrogen and oxygen atoms in total. The molecule has 2 aliphatic rings. The van der Waals surface area contributed by atoms with Crippen LogP contribution in [0, 0.1) is 11.6 Å². The van der Waals surface area contributed by atoms with Crippen LogP contribution in [0.15, 0.2) is 18.2 Å². The summed E-state index contributed by atoms with van der Waals surface area (Å²) in [5.74, 6) is -0.674. The van der Waals surface area contributed by atoms with E-state index in [9.17, 15) is 8.78 Å². The zero-order valence-corrected chi connectivity index (χ0v) is 11.1. The number of nitrogens with zero attached hydrogens (tertiary/aromatic N) is 2. The van der Waals surface area contributed by atoms with Gasteiger partial charge in [0.25, 0.3) is 0 Å². The number of benzene rings is 1. The highest BCUT2D eigenvalue weighted by Gasteiger charge is 2.28. The summed E-state index contributed by atoms with van der Waals surface area (Å²) in [5, 5.41) is 0. The van der Waals surface area contributed by atoms with Gasteiger partial charge in [0.1, 0.15) is 11.6 Å². The second-order valence-electron chi connectivity index (χ2n) is 5.58. The highest BCUT2D eigenvalue weighted by atomic mass is 19.1. The molecule has 19 heavy (non-hydrogen) atoms. The third-order valence-electron chi connectivity index (χ3n) is 4.30. The number of anilines is 1. The van der Waals surface area contributed by atoms with E-state index in [0.717, 1.165) is 32.6 Å². The predicted octanol–water partition coefficient (Wildman–Crippen LogP) is 3.03. The number of halogens is 2. The van der Waals surface area contributed by atoms with Gasteiger partial charge in [0.2, 0.25) is 0 Å². The third-order valence-corrected chi connectivity index (χ3v) is 4.30. The fourth-order valence-electron chi connectivity index (χ4n) is 3.32. The molecule has 2 heterocycles. The molecule has 0 saturated carbocycles. The Bertz CT molecular complexity index is 450. The summed E-state index contributed by atoms with van der Waals surface area (Å²) in [6, 6.07) is 4.24. The zero-order valence-electron chi connectivity index (χ0n) is 11.1. The molecule has 1 atom stereocenters. The number of rotatable bonds is 1. The first-order chi connectivity index (χ1) is 9.24. The highest BCUT2D eigenvalue weighted by Crippen LogP contribution is 2.26. The summed E-state index contributed by atoms with van der Waals surface area (Å²) in [7, 11) is 0. The van der Waals surface area contributed by atoms with Crippen LogP contribution < -0.4 is 4.90 Å². The number of hydrogen-bond donors (Lipinski definition) is 0. The van der Waals surface area contributed by atoms with E-state index in [-0.39, 0.29) is 11.6 Å². The SMILES string of the molecule is Fc1ccc(F)c(N2CCCN3CCCCC3C2)c1. The van der Waals surface area contributed by atoms with Crippen LogP contribution in [0.1, 0.15) is 25.7 Å².